The highest BCUT2D eigenvalue weighted by Gasteiger charge is 2.19. The first kappa shape index (κ1) is 15.2. The fourth-order valence-corrected chi connectivity index (χ4v) is 3.43. The summed E-state index contributed by atoms with van der Waals surface area (Å²) in [5.41, 5.74) is 0. The van der Waals surface area contributed by atoms with Gasteiger partial charge in [0.05, 0.1) is 6.20 Å². The van der Waals surface area contributed by atoms with Crippen molar-refractivity contribution in [2.75, 3.05) is 5.32 Å². The van der Waals surface area contributed by atoms with Crippen LogP contribution in [0, 0.1) is 6.92 Å². The van der Waals surface area contributed by atoms with E-state index in [2.05, 4.69) is 25.6 Å². The summed E-state index contributed by atoms with van der Waals surface area (Å²) >= 11 is 7.19. The van der Waals surface area contributed by atoms with Gasteiger partial charge in [-0.2, -0.15) is 0 Å². The largest absolute Gasteiger partial charge is 0.347 e. The molecule has 0 unspecified atom stereocenters. The number of carbonyl (C=O) groups excluding carboxylic acids is 1. The molecule has 1 aliphatic rings. The summed E-state index contributed by atoms with van der Waals surface area (Å²) in [4.78, 5) is 24.5. The van der Waals surface area contributed by atoms with Crippen molar-refractivity contribution >= 4 is 39.7 Å². The van der Waals surface area contributed by atoms with Crippen LogP contribution >= 0.6 is 22.9 Å². The molecular weight excluding hydrogens is 322 g/mol. The molecule has 2 heterocycles. The van der Waals surface area contributed by atoms with E-state index in [1.54, 1.807) is 19.2 Å². The zero-order valence-electron chi connectivity index (χ0n) is 12.1. The third kappa shape index (κ3) is 3.72. The Labute approximate surface area is 137 Å². The summed E-state index contributed by atoms with van der Waals surface area (Å²) < 4.78 is 0. The molecule has 0 atom stereocenters. The molecule has 1 saturated carbocycles. The lowest BCUT2D eigenvalue weighted by Gasteiger charge is -2.09. The van der Waals surface area contributed by atoms with Gasteiger partial charge < -0.3 is 10.6 Å². The summed E-state index contributed by atoms with van der Waals surface area (Å²) in [6.07, 6.45) is 6.11. The summed E-state index contributed by atoms with van der Waals surface area (Å²) in [7, 11) is 0. The van der Waals surface area contributed by atoms with Crippen molar-refractivity contribution in [3.63, 3.8) is 0 Å². The molecule has 2 N–H and O–H groups in total. The average molecular weight is 338 g/mol. The predicted molar refractivity (Wildman–Crippen MR) is 86.9 cm³/mol. The number of hydrogen-bond donors (Lipinski definition) is 2. The maximum absolute atomic E-state index is 12.1. The fraction of sp³-hybridized carbons (Fsp3) is 0.429. The minimum atomic E-state index is -0.109. The quantitative estimate of drug-likeness (QED) is 0.837. The number of halogens is 1. The highest BCUT2D eigenvalue weighted by Crippen LogP contribution is 2.24. The first-order chi connectivity index (χ1) is 10.6. The number of nitrogens with one attached hydrogen (secondary N) is 2. The van der Waals surface area contributed by atoms with Crippen molar-refractivity contribution in [1.29, 1.82) is 0 Å². The molecule has 2 aromatic rings. The first-order valence-corrected chi connectivity index (χ1v) is 8.34. The van der Waals surface area contributed by atoms with Crippen LogP contribution in [0.4, 0.5) is 10.8 Å². The highest BCUT2D eigenvalue weighted by atomic mass is 35.5. The molecule has 116 valence electrons. The number of hydrogen-bond acceptors (Lipinski definition) is 6. The Kier molecular flexibility index (Phi) is 4.54. The van der Waals surface area contributed by atoms with E-state index in [0.29, 0.717) is 21.8 Å². The van der Waals surface area contributed by atoms with Gasteiger partial charge in [-0.3, -0.25) is 4.79 Å². The van der Waals surface area contributed by atoms with Crippen molar-refractivity contribution < 1.29 is 4.79 Å². The maximum atomic E-state index is 12.1. The Morgan fingerprint density at radius 3 is 2.86 bits per heavy atom. The van der Waals surface area contributed by atoms with E-state index in [4.69, 9.17) is 11.6 Å². The van der Waals surface area contributed by atoms with E-state index in [1.165, 1.54) is 24.2 Å². The van der Waals surface area contributed by atoms with Crippen LogP contribution in [-0.4, -0.2) is 26.9 Å². The van der Waals surface area contributed by atoms with Crippen LogP contribution in [0.1, 0.15) is 41.3 Å². The molecule has 3 rings (SSSR count). The maximum Gasteiger partial charge on any atom is 0.280 e. The number of amides is 1. The van der Waals surface area contributed by atoms with E-state index in [1.807, 2.05) is 0 Å². The number of rotatable bonds is 4. The summed E-state index contributed by atoms with van der Waals surface area (Å²) in [6, 6.07) is 1.92. The second kappa shape index (κ2) is 6.58. The summed E-state index contributed by atoms with van der Waals surface area (Å²) in [5.74, 6) is 1.06. The molecule has 0 aliphatic heterocycles. The lowest BCUT2D eigenvalue weighted by Crippen LogP contribution is -2.32. The van der Waals surface area contributed by atoms with Gasteiger partial charge in [-0.25, -0.2) is 15.0 Å². The van der Waals surface area contributed by atoms with Crippen molar-refractivity contribution in [3.8, 4) is 0 Å². The highest BCUT2D eigenvalue weighted by molar-refractivity contribution is 7.17. The molecule has 0 bridgehead atoms. The Morgan fingerprint density at radius 2 is 2.14 bits per heavy atom. The van der Waals surface area contributed by atoms with Crippen molar-refractivity contribution in [3.05, 3.63) is 28.2 Å². The van der Waals surface area contributed by atoms with Gasteiger partial charge in [0.15, 0.2) is 5.01 Å². The molecule has 0 aromatic carbocycles. The van der Waals surface area contributed by atoms with Crippen LogP contribution in [0.2, 0.25) is 5.15 Å². The molecule has 0 saturated heterocycles. The van der Waals surface area contributed by atoms with Gasteiger partial charge in [0, 0.05) is 12.1 Å². The summed E-state index contributed by atoms with van der Waals surface area (Å²) in [6.45, 7) is 1.77. The molecule has 1 fully saturated rings. The molecule has 0 spiro atoms. The third-order valence-corrected chi connectivity index (χ3v) is 4.55. The Balaban J connectivity index is 1.66. The van der Waals surface area contributed by atoms with Crippen LogP contribution in [0.15, 0.2) is 12.3 Å². The van der Waals surface area contributed by atoms with Gasteiger partial charge >= 0.3 is 0 Å². The number of aromatic nitrogens is 3. The van der Waals surface area contributed by atoms with Crippen molar-refractivity contribution in [2.24, 2.45) is 0 Å². The smallest absolute Gasteiger partial charge is 0.280 e. The molecule has 2 aromatic heterocycles. The number of carbonyl (C=O) groups is 1. The molecule has 1 aliphatic carbocycles. The van der Waals surface area contributed by atoms with Crippen LogP contribution in [-0.2, 0) is 0 Å². The van der Waals surface area contributed by atoms with Gasteiger partial charge in [-0.05, 0) is 19.8 Å². The Hall–Kier alpha value is -1.73. The Morgan fingerprint density at radius 1 is 1.36 bits per heavy atom. The second-order valence-electron chi connectivity index (χ2n) is 5.23. The lowest BCUT2D eigenvalue weighted by molar-refractivity contribution is 0.0937. The second-order valence-corrected chi connectivity index (χ2v) is 6.65. The van der Waals surface area contributed by atoms with E-state index < -0.39 is 0 Å². The van der Waals surface area contributed by atoms with Gasteiger partial charge in [0.2, 0.25) is 0 Å². The molecule has 22 heavy (non-hydrogen) atoms. The van der Waals surface area contributed by atoms with Crippen molar-refractivity contribution in [2.45, 2.75) is 38.6 Å². The number of anilines is 2. The minimum Gasteiger partial charge on any atom is -0.347 e. The molecule has 1 amide bonds. The third-order valence-electron chi connectivity index (χ3n) is 3.45. The van der Waals surface area contributed by atoms with Crippen molar-refractivity contribution in [1.82, 2.24) is 20.3 Å². The van der Waals surface area contributed by atoms with Gasteiger partial charge in [-0.1, -0.05) is 35.8 Å². The number of aryl methyl sites for hydroxylation is 1. The van der Waals surface area contributed by atoms with E-state index >= 15 is 0 Å². The summed E-state index contributed by atoms with van der Waals surface area (Å²) in [5, 5.41) is 7.69. The topological polar surface area (TPSA) is 79.8 Å². The zero-order valence-corrected chi connectivity index (χ0v) is 13.7. The van der Waals surface area contributed by atoms with E-state index in [9.17, 15) is 4.79 Å². The predicted octanol–water partition coefficient (Wildman–Crippen LogP) is 3.31. The Bertz CT molecular complexity index is 663. The van der Waals surface area contributed by atoms with Gasteiger partial charge in [0.25, 0.3) is 5.91 Å². The van der Waals surface area contributed by atoms with Gasteiger partial charge in [-0.15, -0.1) is 0 Å². The van der Waals surface area contributed by atoms with Gasteiger partial charge in [0.1, 0.15) is 21.8 Å². The van der Waals surface area contributed by atoms with Crippen LogP contribution < -0.4 is 10.6 Å². The molecular formula is C14H16ClN5OS. The number of thiazole rings is 1. The molecule has 6 nitrogen and oxygen atoms in total. The number of nitrogens with zero attached hydrogens (tertiary/aromatic N) is 3. The van der Waals surface area contributed by atoms with E-state index in [0.717, 1.165) is 17.8 Å². The lowest BCUT2D eigenvalue weighted by atomic mass is 10.2. The molecule has 0 radical (unpaired) electrons. The van der Waals surface area contributed by atoms with Crippen LogP contribution in [0.5, 0.6) is 0 Å². The SMILES string of the molecule is Cc1nc(Cl)cc(Nc2cnc(C(=O)NC3CCCC3)s2)n1. The van der Waals surface area contributed by atoms with E-state index in [-0.39, 0.29) is 11.9 Å². The first-order valence-electron chi connectivity index (χ1n) is 7.15. The average Bonchev–Trinajstić information content (AvgIpc) is 3.09. The minimum absolute atomic E-state index is 0.109. The van der Waals surface area contributed by atoms with Crippen LogP contribution in [0.3, 0.4) is 0 Å². The fourth-order valence-electron chi connectivity index (χ4n) is 2.48. The van der Waals surface area contributed by atoms with Crippen LogP contribution in [0.25, 0.3) is 0 Å². The monoisotopic (exact) mass is 337 g/mol. The zero-order chi connectivity index (χ0) is 15.5. The standard InChI is InChI=1S/C14H16ClN5OS/c1-8-17-10(15)6-11(18-8)20-12-7-16-14(22-12)13(21)19-9-4-2-3-5-9/h6-7,9H,2-5H2,1H3,(H,19,21)(H,17,18,20). The molecule has 8 heteroatoms. The normalized spacial score (nSPS) is 15.0.